The van der Waals surface area contributed by atoms with Gasteiger partial charge in [-0.05, 0) is 62.4 Å². The van der Waals surface area contributed by atoms with E-state index in [0.29, 0.717) is 5.52 Å². The minimum Gasteiger partial charge on any atom is -0.493 e. The van der Waals surface area contributed by atoms with Crippen molar-refractivity contribution < 1.29 is 9.50 Å². The van der Waals surface area contributed by atoms with Gasteiger partial charge in [0.05, 0.1) is 5.39 Å². The maximum atomic E-state index is 13.2. The lowest BCUT2D eigenvalue weighted by molar-refractivity contribution is 0.404. The molecule has 0 radical (unpaired) electrons. The normalized spacial score (nSPS) is 17.4. The summed E-state index contributed by atoms with van der Waals surface area (Å²) in [5, 5.41) is 11.5. The third-order valence-corrected chi connectivity index (χ3v) is 5.38. The van der Waals surface area contributed by atoms with Gasteiger partial charge in [-0.15, -0.1) is 0 Å². The topological polar surface area (TPSA) is 54.2 Å². The molecule has 142 valence electrons. The van der Waals surface area contributed by atoms with E-state index in [2.05, 4.69) is 14.9 Å². The van der Waals surface area contributed by atoms with Crippen LogP contribution in [0.3, 0.4) is 0 Å². The molecule has 0 spiro atoms. The second-order valence-electron chi connectivity index (χ2n) is 7.35. The van der Waals surface area contributed by atoms with Crippen molar-refractivity contribution in [2.75, 3.05) is 11.4 Å². The second kappa shape index (κ2) is 7.00. The van der Waals surface area contributed by atoms with Gasteiger partial charge < -0.3 is 14.6 Å². The fraction of sp³-hybridized carbons (Fsp3) is 0.400. The molecule has 0 amide bonds. The Morgan fingerprint density at radius 2 is 2.00 bits per heavy atom. The zero-order valence-electron chi connectivity index (χ0n) is 15.4. The Morgan fingerprint density at radius 1 is 1.26 bits per heavy atom. The van der Waals surface area contributed by atoms with Crippen molar-refractivity contribution in [3.63, 3.8) is 0 Å². The quantitative estimate of drug-likeness (QED) is 0.657. The van der Waals surface area contributed by atoms with E-state index in [4.69, 9.17) is 11.6 Å². The molecule has 1 aliphatic heterocycles. The third-order valence-electron chi connectivity index (χ3n) is 5.21. The average molecular weight is 389 g/mol. The first-order valence-electron chi connectivity index (χ1n) is 9.22. The summed E-state index contributed by atoms with van der Waals surface area (Å²) in [5.74, 6) is 0.640. The van der Waals surface area contributed by atoms with Crippen molar-refractivity contribution in [3.05, 3.63) is 47.1 Å². The number of rotatable bonds is 4. The highest BCUT2D eigenvalue weighted by atomic mass is 35.5. The molecule has 1 N–H and O–H groups in total. The van der Waals surface area contributed by atoms with Crippen LogP contribution in [0.1, 0.15) is 38.3 Å². The molecule has 1 fully saturated rings. The Bertz CT molecular complexity index is 970. The van der Waals surface area contributed by atoms with Crippen LogP contribution < -0.4 is 4.90 Å². The Balaban J connectivity index is 1.73. The second-order valence-corrected chi connectivity index (χ2v) is 7.69. The molecule has 0 bridgehead atoms. The summed E-state index contributed by atoms with van der Waals surface area (Å²) < 4.78 is 15.0. The minimum atomic E-state index is -0.225. The molecule has 1 aromatic carbocycles. The van der Waals surface area contributed by atoms with Gasteiger partial charge in [-0.3, -0.25) is 0 Å². The molecule has 1 atom stereocenters. The van der Waals surface area contributed by atoms with Gasteiger partial charge in [0.1, 0.15) is 17.2 Å². The molecule has 3 heterocycles. The van der Waals surface area contributed by atoms with Crippen molar-refractivity contribution in [3.8, 4) is 5.88 Å². The van der Waals surface area contributed by atoms with Gasteiger partial charge in [0.15, 0.2) is 0 Å². The SMILES string of the molecule is CC(C)n1cc2c(N3CCCC3Cc3ccc(F)cc3)nc(Cl)nc2c1O. The summed E-state index contributed by atoms with van der Waals surface area (Å²) in [7, 11) is 0. The van der Waals surface area contributed by atoms with Gasteiger partial charge in [-0.25, -0.2) is 9.37 Å². The number of aromatic nitrogens is 3. The monoisotopic (exact) mass is 388 g/mol. The lowest BCUT2D eigenvalue weighted by Gasteiger charge is -2.26. The Morgan fingerprint density at radius 3 is 2.70 bits per heavy atom. The minimum absolute atomic E-state index is 0.0967. The summed E-state index contributed by atoms with van der Waals surface area (Å²) in [6.07, 6.45) is 4.78. The van der Waals surface area contributed by atoms with Crippen molar-refractivity contribution >= 4 is 28.3 Å². The number of hydrogen-bond acceptors (Lipinski definition) is 4. The fourth-order valence-electron chi connectivity index (χ4n) is 3.87. The molecule has 1 unspecified atom stereocenters. The van der Waals surface area contributed by atoms with E-state index in [-0.39, 0.29) is 29.1 Å². The Labute approximate surface area is 162 Å². The number of halogens is 2. The van der Waals surface area contributed by atoms with Gasteiger partial charge >= 0.3 is 0 Å². The first kappa shape index (κ1) is 18.0. The van der Waals surface area contributed by atoms with E-state index in [9.17, 15) is 9.50 Å². The Hall–Kier alpha value is -2.34. The number of hydrogen-bond donors (Lipinski definition) is 1. The molecule has 5 nitrogen and oxygen atoms in total. The van der Waals surface area contributed by atoms with Crippen LogP contribution in [0.15, 0.2) is 30.5 Å². The van der Waals surface area contributed by atoms with E-state index >= 15 is 0 Å². The summed E-state index contributed by atoms with van der Waals surface area (Å²) in [6, 6.07) is 6.99. The van der Waals surface area contributed by atoms with E-state index < -0.39 is 0 Å². The van der Waals surface area contributed by atoms with E-state index in [0.717, 1.165) is 42.6 Å². The highest BCUT2D eigenvalue weighted by Gasteiger charge is 2.29. The molecule has 7 heteroatoms. The van der Waals surface area contributed by atoms with Crippen molar-refractivity contribution in [1.29, 1.82) is 0 Å². The van der Waals surface area contributed by atoms with Crippen molar-refractivity contribution in [1.82, 2.24) is 14.5 Å². The van der Waals surface area contributed by atoms with E-state index in [1.807, 2.05) is 32.2 Å². The standard InChI is InChI=1S/C20H22ClFN4O/c1-12(2)26-11-16-17(19(26)27)23-20(21)24-18(16)25-9-3-4-15(25)10-13-5-7-14(22)8-6-13/h5-8,11-12,15,27H,3-4,9-10H2,1-2H3. The third kappa shape index (κ3) is 3.34. The smallest absolute Gasteiger partial charge is 0.225 e. The van der Waals surface area contributed by atoms with E-state index in [1.165, 1.54) is 12.1 Å². The predicted molar refractivity (Wildman–Crippen MR) is 105 cm³/mol. The lowest BCUT2D eigenvalue weighted by Crippen LogP contribution is -2.32. The van der Waals surface area contributed by atoms with Crippen molar-refractivity contribution in [2.45, 2.75) is 45.2 Å². The molecule has 27 heavy (non-hydrogen) atoms. The van der Waals surface area contributed by atoms with E-state index in [1.54, 1.807) is 4.57 Å². The molecule has 0 saturated carbocycles. The van der Waals surface area contributed by atoms with Crippen LogP contribution in [0.4, 0.5) is 10.2 Å². The number of fused-ring (bicyclic) bond motifs is 1. The number of benzene rings is 1. The summed E-state index contributed by atoms with van der Waals surface area (Å²) >= 11 is 6.18. The molecule has 1 aliphatic rings. The van der Waals surface area contributed by atoms with Crippen LogP contribution in [0.5, 0.6) is 5.88 Å². The highest BCUT2D eigenvalue weighted by molar-refractivity contribution is 6.29. The zero-order chi connectivity index (χ0) is 19.1. The molecule has 4 rings (SSSR count). The largest absolute Gasteiger partial charge is 0.493 e. The number of aromatic hydroxyl groups is 1. The van der Waals surface area contributed by atoms with Crippen LogP contribution in [0.2, 0.25) is 5.28 Å². The Kier molecular flexibility index (Phi) is 4.68. The molecular formula is C20H22ClFN4O. The summed E-state index contributed by atoms with van der Waals surface area (Å²) in [4.78, 5) is 11.0. The summed E-state index contributed by atoms with van der Waals surface area (Å²) in [5.41, 5.74) is 1.57. The molecule has 3 aromatic rings. The molecule has 2 aromatic heterocycles. The van der Waals surface area contributed by atoms with Gasteiger partial charge in [0, 0.05) is 24.8 Å². The fourth-order valence-corrected chi connectivity index (χ4v) is 4.04. The maximum Gasteiger partial charge on any atom is 0.225 e. The molecular weight excluding hydrogens is 367 g/mol. The van der Waals surface area contributed by atoms with Gasteiger partial charge in [0.2, 0.25) is 11.2 Å². The maximum absolute atomic E-state index is 13.2. The van der Waals surface area contributed by atoms with Crippen LogP contribution in [-0.4, -0.2) is 32.2 Å². The average Bonchev–Trinajstić information content (AvgIpc) is 3.21. The molecule has 0 aliphatic carbocycles. The van der Waals surface area contributed by atoms with Gasteiger partial charge in [0.25, 0.3) is 0 Å². The van der Waals surface area contributed by atoms with Crippen LogP contribution in [0, 0.1) is 5.82 Å². The van der Waals surface area contributed by atoms with Gasteiger partial charge in [-0.1, -0.05) is 12.1 Å². The predicted octanol–water partition coefficient (Wildman–Crippen LogP) is 4.72. The number of nitrogens with zero attached hydrogens (tertiary/aromatic N) is 4. The van der Waals surface area contributed by atoms with Crippen molar-refractivity contribution in [2.24, 2.45) is 0 Å². The molecule has 1 saturated heterocycles. The zero-order valence-corrected chi connectivity index (χ0v) is 16.1. The van der Waals surface area contributed by atoms with Crippen LogP contribution in [0.25, 0.3) is 10.9 Å². The van der Waals surface area contributed by atoms with Crippen LogP contribution in [-0.2, 0) is 6.42 Å². The first-order chi connectivity index (χ1) is 12.9. The number of anilines is 1. The highest BCUT2D eigenvalue weighted by Crippen LogP contribution is 2.37. The first-order valence-corrected chi connectivity index (χ1v) is 9.60. The summed E-state index contributed by atoms with van der Waals surface area (Å²) in [6.45, 7) is 4.86. The van der Waals surface area contributed by atoms with Gasteiger partial charge in [-0.2, -0.15) is 4.98 Å². The lowest BCUT2D eigenvalue weighted by atomic mass is 10.0. The van der Waals surface area contributed by atoms with Crippen LogP contribution >= 0.6 is 11.6 Å².